The number of para-hydroxylation sites is 2. The average Bonchev–Trinajstić information content (AvgIpc) is 2.72. The van der Waals surface area contributed by atoms with E-state index in [-0.39, 0.29) is 24.0 Å². The van der Waals surface area contributed by atoms with Gasteiger partial charge in [0.2, 0.25) is 0 Å². The van der Waals surface area contributed by atoms with Crippen LogP contribution in [0.1, 0.15) is 32.6 Å². The number of ether oxygens (including phenoxy) is 1. The summed E-state index contributed by atoms with van der Waals surface area (Å²) in [6, 6.07) is 8.70. The number of hydrogen-bond acceptors (Lipinski definition) is 4. The summed E-state index contributed by atoms with van der Waals surface area (Å²) in [6.07, 6.45) is 4.92. The molecular weight excluding hydrogens is 477 g/mol. The second-order valence-corrected chi connectivity index (χ2v) is 8.09. The van der Waals surface area contributed by atoms with Crippen LogP contribution in [0.15, 0.2) is 29.3 Å². The summed E-state index contributed by atoms with van der Waals surface area (Å²) < 4.78 is 5.57. The van der Waals surface area contributed by atoms with Crippen molar-refractivity contribution in [3.8, 4) is 5.75 Å². The fourth-order valence-corrected chi connectivity index (χ4v) is 4.36. The minimum absolute atomic E-state index is 0. The van der Waals surface area contributed by atoms with Crippen molar-refractivity contribution < 1.29 is 4.74 Å². The Labute approximate surface area is 193 Å². The van der Waals surface area contributed by atoms with Gasteiger partial charge in [0.15, 0.2) is 5.96 Å². The minimum atomic E-state index is 0. The Hall–Kier alpha value is -1.22. The van der Waals surface area contributed by atoms with E-state index in [1.165, 1.54) is 37.9 Å². The standard InChI is InChI=1S/C22H37N5O.HI/c1-4-23-22(24-15-18-9-7-13-26(2)16-18)25-19-10-8-14-27(17-19)20-11-5-6-12-21(20)28-3;/h5-6,11-12,18-19H,4,7-10,13-17H2,1-3H3,(H2,23,24,25);1H. The molecule has 29 heavy (non-hydrogen) atoms. The molecule has 0 spiro atoms. The molecule has 2 heterocycles. The van der Waals surface area contributed by atoms with Crippen molar-refractivity contribution in [3.05, 3.63) is 24.3 Å². The molecule has 0 amide bonds. The predicted molar refractivity (Wildman–Crippen MR) is 133 cm³/mol. The quantitative estimate of drug-likeness (QED) is 0.347. The van der Waals surface area contributed by atoms with E-state index in [9.17, 15) is 0 Å². The zero-order chi connectivity index (χ0) is 19.8. The number of hydrogen-bond donors (Lipinski definition) is 2. The molecule has 2 aliphatic heterocycles. The fraction of sp³-hybridized carbons (Fsp3) is 0.682. The Morgan fingerprint density at radius 2 is 1.97 bits per heavy atom. The van der Waals surface area contributed by atoms with Crippen molar-refractivity contribution in [3.63, 3.8) is 0 Å². The van der Waals surface area contributed by atoms with E-state index < -0.39 is 0 Å². The van der Waals surface area contributed by atoms with Crippen LogP contribution in [0, 0.1) is 5.92 Å². The number of methoxy groups -OCH3 is 1. The highest BCUT2D eigenvalue weighted by Gasteiger charge is 2.23. The normalized spacial score (nSPS) is 23.3. The first-order chi connectivity index (χ1) is 13.7. The molecule has 7 heteroatoms. The molecule has 164 valence electrons. The van der Waals surface area contributed by atoms with Gasteiger partial charge in [-0.15, -0.1) is 24.0 Å². The summed E-state index contributed by atoms with van der Waals surface area (Å²) in [4.78, 5) is 9.78. The maximum absolute atomic E-state index is 5.57. The van der Waals surface area contributed by atoms with Crippen molar-refractivity contribution in [2.75, 3.05) is 58.3 Å². The number of nitrogens with zero attached hydrogens (tertiary/aromatic N) is 3. The molecular formula is C22H38IN5O. The maximum Gasteiger partial charge on any atom is 0.191 e. The number of anilines is 1. The molecule has 2 N–H and O–H groups in total. The van der Waals surface area contributed by atoms with Gasteiger partial charge in [0.1, 0.15) is 5.75 Å². The Kier molecular flexibility index (Phi) is 10.3. The SMILES string of the molecule is CCNC(=NCC1CCCN(C)C1)NC1CCCN(c2ccccc2OC)C1.I. The van der Waals surface area contributed by atoms with Crippen LogP contribution in [0.2, 0.25) is 0 Å². The largest absolute Gasteiger partial charge is 0.495 e. The van der Waals surface area contributed by atoms with Crippen molar-refractivity contribution in [1.29, 1.82) is 0 Å². The number of benzene rings is 1. The summed E-state index contributed by atoms with van der Waals surface area (Å²) in [5, 5.41) is 7.13. The second kappa shape index (κ2) is 12.5. The van der Waals surface area contributed by atoms with E-state index in [1.807, 2.05) is 12.1 Å². The molecule has 0 aliphatic carbocycles. The fourth-order valence-electron chi connectivity index (χ4n) is 4.36. The number of rotatable bonds is 6. The zero-order valence-corrected chi connectivity index (χ0v) is 20.5. The number of piperidine rings is 2. The van der Waals surface area contributed by atoms with E-state index in [0.29, 0.717) is 12.0 Å². The van der Waals surface area contributed by atoms with Gasteiger partial charge in [0, 0.05) is 38.8 Å². The molecule has 0 saturated carbocycles. The molecule has 2 atom stereocenters. The van der Waals surface area contributed by atoms with Crippen LogP contribution in [-0.4, -0.2) is 70.3 Å². The summed E-state index contributed by atoms with van der Waals surface area (Å²) in [5.74, 6) is 2.58. The van der Waals surface area contributed by atoms with Crippen LogP contribution >= 0.6 is 24.0 Å². The van der Waals surface area contributed by atoms with Gasteiger partial charge in [-0.2, -0.15) is 0 Å². The lowest BCUT2D eigenvalue weighted by atomic mass is 9.99. The molecule has 0 radical (unpaired) electrons. The van der Waals surface area contributed by atoms with Gasteiger partial charge >= 0.3 is 0 Å². The van der Waals surface area contributed by atoms with E-state index in [1.54, 1.807) is 7.11 Å². The minimum Gasteiger partial charge on any atom is -0.495 e. The molecule has 3 rings (SSSR count). The monoisotopic (exact) mass is 515 g/mol. The predicted octanol–water partition coefficient (Wildman–Crippen LogP) is 3.18. The topological polar surface area (TPSA) is 52.1 Å². The number of guanidine groups is 1. The highest BCUT2D eigenvalue weighted by Crippen LogP contribution is 2.29. The molecule has 2 unspecified atom stereocenters. The highest BCUT2D eigenvalue weighted by atomic mass is 127. The summed E-state index contributed by atoms with van der Waals surface area (Å²) in [6.45, 7) is 8.35. The first-order valence-corrected chi connectivity index (χ1v) is 10.8. The summed E-state index contributed by atoms with van der Waals surface area (Å²) in [5.41, 5.74) is 1.18. The van der Waals surface area contributed by atoms with Gasteiger partial charge < -0.3 is 25.2 Å². The van der Waals surface area contributed by atoms with Crippen LogP contribution in [0.5, 0.6) is 5.75 Å². The van der Waals surface area contributed by atoms with Gasteiger partial charge in [-0.3, -0.25) is 4.99 Å². The Morgan fingerprint density at radius 1 is 1.17 bits per heavy atom. The first kappa shape index (κ1) is 24.1. The van der Waals surface area contributed by atoms with Crippen LogP contribution < -0.4 is 20.3 Å². The molecule has 6 nitrogen and oxygen atoms in total. The third kappa shape index (κ3) is 7.20. The molecule has 1 aromatic rings. The lowest BCUT2D eigenvalue weighted by molar-refractivity contribution is 0.214. The molecule has 0 bridgehead atoms. The molecule has 1 aromatic carbocycles. The number of aliphatic imine (C=N–C) groups is 1. The average molecular weight is 515 g/mol. The zero-order valence-electron chi connectivity index (χ0n) is 18.2. The van der Waals surface area contributed by atoms with E-state index in [2.05, 4.69) is 46.5 Å². The third-order valence-electron chi connectivity index (χ3n) is 5.76. The van der Waals surface area contributed by atoms with Gasteiger partial charge in [-0.05, 0) is 64.3 Å². The summed E-state index contributed by atoms with van der Waals surface area (Å²) in [7, 11) is 3.96. The van der Waals surface area contributed by atoms with Crippen LogP contribution in [-0.2, 0) is 0 Å². The molecule has 2 fully saturated rings. The second-order valence-electron chi connectivity index (χ2n) is 8.09. The number of likely N-dealkylation sites (tertiary alicyclic amines) is 1. The van der Waals surface area contributed by atoms with Crippen LogP contribution in [0.3, 0.4) is 0 Å². The smallest absolute Gasteiger partial charge is 0.191 e. The molecule has 2 saturated heterocycles. The van der Waals surface area contributed by atoms with Crippen LogP contribution in [0.25, 0.3) is 0 Å². The van der Waals surface area contributed by atoms with Gasteiger partial charge in [0.05, 0.1) is 12.8 Å². The van der Waals surface area contributed by atoms with Gasteiger partial charge in [0.25, 0.3) is 0 Å². The Balaban J connectivity index is 0.00000300. The maximum atomic E-state index is 5.57. The molecule has 2 aliphatic rings. The lowest BCUT2D eigenvalue weighted by Gasteiger charge is -2.36. The van der Waals surface area contributed by atoms with Crippen molar-refractivity contribution in [2.45, 2.75) is 38.6 Å². The van der Waals surface area contributed by atoms with E-state index in [0.717, 1.165) is 44.4 Å². The number of halogens is 1. The summed E-state index contributed by atoms with van der Waals surface area (Å²) >= 11 is 0. The Morgan fingerprint density at radius 3 is 2.72 bits per heavy atom. The third-order valence-corrected chi connectivity index (χ3v) is 5.76. The van der Waals surface area contributed by atoms with Crippen molar-refractivity contribution in [2.24, 2.45) is 10.9 Å². The Bertz CT molecular complexity index is 641. The number of nitrogens with one attached hydrogen (secondary N) is 2. The van der Waals surface area contributed by atoms with Crippen molar-refractivity contribution in [1.82, 2.24) is 15.5 Å². The first-order valence-electron chi connectivity index (χ1n) is 10.8. The van der Waals surface area contributed by atoms with Gasteiger partial charge in [-0.1, -0.05) is 12.1 Å². The van der Waals surface area contributed by atoms with E-state index in [4.69, 9.17) is 9.73 Å². The van der Waals surface area contributed by atoms with E-state index >= 15 is 0 Å². The highest BCUT2D eigenvalue weighted by molar-refractivity contribution is 14.0. The molecule has 0 aromatic heterocycles. The van der Waals surface area contributed by atoms with Crippen molar-refractivity contribution >= 4 is 35.6 Å². The van der Waals surface area contributed by atoms with Crippen LogP contribution in [0.4, 0.5) is 5.69 Å². The van der Waals surface area contributed by atoms with Gasteiger partial charge in [-0.25, -0.2) is 0 Å². The lowest BCUT2D eigenvalue weighted by Crippen LogP contribution is -2.51.